The van der Waals surface area contributed by atoms with Crippen molar-refractivity contribution in [1.29, 1.82) is 0 Å². The molecular formula is C17H22FNO4. The number of aliphatic carboxylic acids is 1. The van der Waals surface area contributed by atoms with Crippen molar-refractivity contribution in [1.82, 2.24) is 4.90 Å². The van der Waals surface area contributed by atoms with Crippen molar-refractivity contribution in [2.24, 2.45) is 0 Å². The Bertz CT molecular complexity index is 602. The monoisotopic (exact) mass is 323 g/mol. The van der Waals surface area contributed by atoms with Gasteiger partial charge in [0, 0.05) is 25.3 Å². The number of ether oxygens (including phenoxy) is 1. The molecule has 1 amide bonds. The summed E-state index contributed by atoms with van der Waals surface area (Å²) in [6.45, 7) is 3.64. The number of likely N-dealkylation sites (tertiary alicyclic amines) is 1. The fraction of sp³-hybridized carbons (Fsp3) is 0.529. The highest BCUT2D eigenvalue weighted by atomic mass is 19.1. The van der Waals surface area contributed by atoms with Crippen molar-refractivity contribution in [3.05, 3.63) is 35.6 Å². The van der Waals surface area contributed by atoms with Crippen molar-refractivity contribution < 1.29 is 23.8 Å². The van der Waals surface area contributed by atoms with E-state index in [-0.39, 0.29) is 18.4 Å². The minimum absolute atomic E-state index is 0.140. The smallest absolute Gasteiger partial charge is 0.305 e. The minimum atomic E-state index is -1.08. The first kappa shape index (κ1) is 17.4. The fourth-order valence-corrected chi connectivity index (χ4v) is 3.13. The highest BCUT2D eigenvalue weighted by Crippen LogP contribution is 2.32. The average molecular weight is 323 g/mol. The number of rotatable bonds is 5. The standard InChI is InChI=1S/C17H22FNO4/c1-17(2,13-6-4-5-7-14(13)18)16(22)19-10-12(23-3)8-11(19)9-15(20)21/h4-7,11-12H,8-10H2,1-3H3,(H,20,21). The summed E-state index contributed by atoms with van der Waals surface area (Å²) < 4.78 is 19.4. The van der Waals surface area contributed by atoms with Gasteiger partial charge in [0.15, 0.2) is 0 Å². The Hall–Kier alpha value is -1.95. The van der Waals surface area contributed by atoms with E-state index in [4.69, 9.17) is 9.84 Å². The van der Waals surface area contributed by atoms with Crippen LogP contribution in [-0.2, 0) is 19.7 Å². The summed E-state index contributed by atoms with van der Waals surface area (Å²) >= 11 is 0. The van der Waals surface area contributed by atoms with Crippen LogP contribution in [0.2, 0.25) is 0 Å². The van der Waals surface area contributed by atoms with Gasteiger partial charge in [-0.25, -0.2) is 4.39 Å². The third kappa shape index (κ3) is 3.52. The lowest BCUT2D eigenvalue weighted by molar-refractivity contribution is -0.141. The molecule has 1 aliphatic heterocycles. The van der Waals surface area contributed by atoms with E-state index in [0.29, 0.717) is 18.5 Å². The highest BCUT2D eigenvalue weighted by Gasteiger charge is 2.43. The van der Waals surface area contributed by atoms with E-state index in [9.17, 15) is 14.0 Å². The number of methoxy groups -OCH3 is 1. The molecule has 1 N–H and O–H groups in total. The van der Waals surface area contributed by atoms with Crippen LogP contribution in [0.1, 0.15) is 32.3 Å². The summed E-state index contributed by atoms with van der Waals surface area (Å²) in [7, 11) is 1.54. The van der Waals surface area contributed by atoms with Crippen LogP contribution in [-0.4, -0.2) is 47.7 Å². The van der Waals surface area contributed by atoms with Gasteiger partial charge in [-0.2, -0.15) is 0 Å². The Kier molecular flexibility index (Phi) is 5.04. The molecule has 5 nitrogen and oxygen atoms in total. The molecule has 126 valence electrons. The van der Waals surface area contributed by atoms with E-state index < -0.39 is 23.2 Å². The average Bonchev–Trinajstić information content (AvgIpc) is 2.88. The molecule has 0 saturated carbocycles. The quantitative estimate of drug-likeness (QED) is 0.902. The molecule has 2 unspecified atom stereocenters. The first-order valence-electron chi connectivity index (χ1n) is 7.58. The zero-order chi connectivity index (χ0) is 17.2. The number of carboxylic acids is 1. The van der Waals surface area contributed by atoms with Crippen LogP contribution in [0.3, 0.4) is 0 Å². The molecule has 1 aromatic rings. The van der Waals surface area contributed by atoms with Gasteiger partial charge in [-0.1, -0.05) is 18.2 Å². The summed E-state index contributed by atoms with van der Waals surface area (Å²) in [5.74, 6) is -1.69. The lowest BCUT2D eigenvalue weighted by Crippen LogP contribution is -2.47. The lowest BCUT2D eigenvalue weighted by atomic mass is 9.82. The van der Waals surface area contributed by atoms with E-state index in [0.717, 1.165) is 0 Å². The maximum atomic E-state index is 14.1. The largest absolute Gasteiger partial charge is 0.481 e. The third-order valence-electron chi connectivity index (χ3n) is 4.46. The molecule has 23 heavy (non-hydrogen) atoms. The molecule has 0 radical (unpaired) electrons. The summed E-state index contributed by atoms with van der Waals surface area (Å²) in [5, 5.41) is 9.06. The number of nitrogens with zero attached hydrogens (tertiary/aromatic N) is 1. The van der Waals surface area contributed by atoms with E-state index in [1.165, 1.54) is 11.0 Å². The predicted octanol–water partition coefficient (Wildman–Crippen LogP) is 2.19. The van der Waals surface area contributed by atoms with E-state index in [1.807, 2.05) is 0 Å². The normalized spacial score (nSPS) is 21.5. The topological polar surface area (TPSA) is 66.8 Å². The van der Waals surface area contributed by atoms with Crippen LogP contribution in [0.25, 0.3) is 0 Å². The third-order valence-corrected chi connectivity index (χ3v) is 4.46. The molecule has 0 spiro atoms. The van der Waals surface area contributed by atoms with Gasteiger partial charge in [0.05, 0.1) is 17.9 Å². The second kappa shape index (κ2) is 6.66. The SMILES string of the molecule is COC1CC(CC(=O)O)N(C(=O)C(C)(C)c2ccccc2F)C1. The lowest BCUT2D eigenvalue weighted by Gasteiger charge is -2.33. The van der Waals surface area contributed by atoms with Gasteiger partial charge >= 0.3 is 5.97 Å². The van der Waals surface area contributed by atoms with Gasteiger partial charge in [-0.15, -0.1) is 0 Å². The van der Waals surface area contributed by atoms with Crippen molar-refractivity contribution in [3.63, 3.8) is 0 Å². The zero-order valence-electron chi connectivity index (χ0n) is 13.6. The summed E-state index contributed by atoms with van der Waals surface area (Å²) in [6, 6.07) is 5.73. The molecule has 0 bridgehead atoms. The molecule has 2 rings (SSSR count). The van der Waals surface area contributed by atoms with Crippen LogP contribution >= 0.6 is 0 Å². The number of halogens is 1. The Labute approximate surface area is 135 Å². The number of carbonyl (C=O) groups is 2. The van der Waals surface area contributed by atoms with Gasteiger partial charge in [0.25, 0.3) is 0 Å². The first-order chi connectivity index (χ1) is 10.8. The summed E-state index contributed by atoms with van der Waals surface area (Å²) in [5.41, 5.74) is -0.773. The van der Waals surface area contributed by atoms with Crippen molar-refractivity contribution in [2.45, 2.75) is 44.2 Å². The number of hydrogen-bond donors (Lipinski definition) is 1. The molecule has 1 saturated heterocycles. The number of benzene rings is 1. The van der Waals surface area contributed by atoms with Crippen LogP contribution in [0.15, 0.2) is 24.3 Å². The molecule has 1 heterocycles. The Morgan fingerprint density at radius 1 is 1.39 bits per heavy atom. The molecule has 1 aromatic carbocycles. The Balaban J connectivity index is 2.29. The van der Waals surface area contributed by atoms with Crippen LogP contribution in [0.4, 0.5) is 4.39 Å². The molecule has 1 fully saturated rings. The molecule has 0 aromatic heterocycles. The molecule has 6 heteroatoms. The van der Waals surface area contributed by atoms with E-state index in [2.05, 4.69) is 0 Å². The van der Waals surface area contributed by atoms with Gasteiger partial charge in [-0.05, 0) is 26.3 Å². The number of carboxylic acid groups (broad SMARTS) is 1. The maximum absolute atomic E-state index is 14.1. The second-order valence-corrected chi connectivity index (χ2v) is 6.41. The Morgan fingerprint density at radius 2 is 2.04 bits per heavy atom. The van der Waals surface area contributed by atoms with Crippen molar-refractivity contribution in [3.8, 4) is 0 Å². The van der Waals surface area contributed by atoms with Gasteiger partial charge in [-0.3, -0.25) is 9.59 Å². The number of carbonyl (C=O) groups excluding carboxylic acids is 1. The number of amides is 1. The van der Waals surface area contributed by atoms with Crippen LogP contribution in [0, 0.1) is 5.82 Å². The van der Waals surface area contributed by atoms with Gasteiger partial charge in [0.1, 0.15) is 5.82 Å². The minimum Gasteiger partial charge on any atom is -0.481 e. The molecular weight excluding hydrogens is 301 g/mol. The fourth-order valence-electron chi connectivity index (χ4n) is 3.13. The van der Waals surface area contributed by atoms with Gasteiger partial charge in [0.2, 0.25) is 5.91 Å². The molecule has 0 aliphatic carbocycles. The van der Waals surface area contributed by atoms with Crippen LogP contribution in [0.5, 0.6) is 0 Å². The summed E-state index contributed by atoms with van der Waals surface area (Å²) in [6.07, 6.45) is 0.139. The maximum Gasteiger partial charge on any atom is 0.305 e. The van der Waals surface area contributed by atoms with Crippen molar-refractivity contribution >= 4 is 11.9 Å². The predicted molar refractivity (Wildman–Crippen MR) is 82.6 cm³/mol. The Morgan fingerprint density at radius 3 is 2.61 bits per heavy atom. The highest BCUT2D eigenvalue weighted by molar-refractivity contribution is 5.88. The summed E-state index contributed by atoms with van der Waals surface area (Å²) in [4.78, 5) is 25.6. The molecule has 1 aliphatic rings. The van der Waals surface area contributed by atoms with Crippen LogP contribution < -0.4 is 0 Å². The van der Waals surface area contributed by atoms with E-state index in [1.54, 1.807) is 39.2 Å². The zero-order valence-corrected chi connectivity index (χ0v) is 13.6. The van der Waals surface area contributed by atoms with Gasteiger partial charge < -0.3 is 14.7 Å². The second-order valence-electron chi connectivity index (χ2n) is 6.41. The molecule has 2 atom stereocenters. The van der Waals surface area contributed by atoms with E-state index >= 15 is 0 Å². The van der Waals surface area contributed by atoms with Crippen molar-refractivity contribution in [2.75, 3.05) is 13.7 Å². The number of hydrogen-bond acceptors (Lipinski definition) is 3. The first-order valence-corrected chi connectivity index (χ1v) is 7.58.